The molecule has 3 saturated heterocycles. The van der Waals surface area contributed by atoms with Crippen molar-refractivity contribution in [1.82, 2.24) is 10.2 Å². The topological polar surface area (TPSA) is 108 Å². The number of amides is 3. The Kier molecular flexibility index (Phi) is 8.59. The first-order valence-electron chi connectivity index (χ1n) is 14.6. The Labute approximate surface area is 243 Å². The van der Waals surface area contributed by atoms with Crippen LogP contribution >= 0.6 is 11.8 Å². The van der Waals surface area contributed by atoms with Crippen molar-refractivity contribution in [1.29, 1.82) is 0 Å². The molecule has 8 nitrogen and oxygen atoms in total. The molecule has 3 heterocycles. The number of benzene rings is 1. The zero-order valence-corrected chi connectivity index (χ0v) is 26.0. The summed E-state index contributed by atoms with van der Waals surface area (Å²) >= 11 is 1.68. The predicted octanol–water partition coefficient (Wildman–Crippen LogP) is 4.61. The van der Waals surface area contributed by atoms with E-state index >= 15 is 0 Å². The van der Waals surface area contributed by atoms with E-state index in [0.29, 0.717) is 38.1 Å². The van der Waals surface area contributed by atoms with E-state index in [2.05, 4.69) is 38.3 Å². The Morgan fingerprint density at radius 3 is 2.38 bits per heavy atom. The first kappa shape index (κ1) is 30.7. The number of nitrogens with one attached hydrogen (secondary N) is 2. The summed E-state index contributed by atoms with van der Waals surface area (Å²) < 4.78 is 4.42. The van der Waals surface area contributed by atoms with Gasteiger partial charge >= 0.3 is 0 Å². The van der Waals surface area contributed by atoms with Gasteiger partial charge in [0, 0.05) is 29.1 Å². The van der Waals surface area contributed by atoms with Gasteiger partial charge in [-0.3, -0.25) is 14.4 Å². The van der Waals surface area contributed by atoms with Crippen molar-refractivity contribution < 1.29 is 24.2 Å². The van der Waals surface area contributed by atoms with Crippen molar-refractivity contribution in [3.05, 3.63) is 24.3 Å². The number of ether oxygens (including phenoxy) is 1. The lowest BCUT2D eigenvalue weighted by molar-refractivity contribution is -0.140. The van der Waals surface area contributed by atoms with E-state index in [1.54, 1.807) is 16.7 Å². The van der Waals surface area contributed by atoms with Crippen LogP contribution in [0.2, 0.25) is 0 Å². The van der Waals surface area contributed by atoms with Crippen LogP contribution in [0.3, 0.4) is 0 Å². The van der Waals surface area contributed by atoms with E-state index in [4.69, 9.17) is 4.74 Å². The molecule has 3 N–H and O–H groups in total. The summed E-state index contributed by atoms with van der Waals surface area (Å²) in [5.41, 5.74) is 0.212. The predicted molar refractivity (Wildman–Crippen MR) is 159 cm³/mol. The fourth-order valence-electron chi connectivity index (χ4n) is 7.55. The van der Waals surface area contributed by atoms with Crippen molar-refractivity contribution >= 4 is 35.2 Å². The quantitative estimate of drug-likeness (QED) is 0.334. The number of nitrogens with zero attached hydrogens (tertiary/aromatic N) is 1. The number of aliphatic hydroxyl groups excluding tert-OH is 1. The molecule has 0 saturated carbocycles. The second-order valence-corrected chi connectivity index (χ2v) is 15.6. The maximum Gasteiger partial charge on any atom is 0.244 e. The number of carbonyl (C=O) groups excluding carboxylic acids is 3. The van der Waals surface area contributed by atoms with Crippen molar-refractivity contribution in [3.8, 4) is 5.75 Å². The molecule has 2 bridgehead atoms. The zero-order valence-electron chi connectivity index (χ0n) is 25.1. The van der Waals surface area contributed by atoms with Crippen molar-refractivity contribution in [2.45, 2.75) is 102 Å². The van der Waals surface area contributed by atoms with Crippen molar-refractivity contribution in [3.63, 3.8) is 0 Å². The van der Waals surface area contributed by atoms with Gasteiger partial charge in [-0.25, -0.2) is 0 Å². The number of likely N-dealkylation sites (tertiary alicyclic amines) is 1. The minimum Gasteiger partial charge on any atom is -0.494 e. The number of thioether (sulfide) groups is 1. The van der Waals surface area contributed by atoms with Crippen LogP contribution in [0.15, 0.2) is 24.3 Å². The molecule has 9 heteroatoms. The molecule has 3 amide bonds. The van der Waals surface area contributed by atoms with Gasteiger partial charge in [0.25, 0.3) is 0 Å². The molecule has 1 spiro atoms. The minimum absolute atomic E-state index is 0.0159. The first-order valence-corrected chi connectivity index (χ1v) is 15.5. The van der Waals surface area contributed by atoms with Gasteiger partial charge in [-0.2, -0.15) is 0 Å². The summed E-state index contributed by atoms with van der Waals surface area (Å²) in [7, 11) is 0. The van der Waals surface area contributed by atoms with Crippen LogP contribution in [-0.4, -0.2) is 68.6 Å². The SMILES string of the molecule is CCOc1ccc(NC(=O)[C@@H]2[C@H]3C(=O)N(CCCCO)C(C(=O)NC(C)(C)CC(C)(C)C)C34CC[C@@]2(C)S4)cc1. The molecule has 0 aliphatic carbocycles. The van der Waals surface area contributed by atoms with E-state index in [1.807, 2.05) is 45.0 Å². The van der Waals surface area contributed by atoms with Crippen LogP contribution in [0.25, 0.3) is 0 Å². The minimum atomic E-state index is -0.659. The Bertz CT molecular complexity index is 1120. The molecule has 3 fully saturated rings. The maximum absolute atomic E-state index is 14.2. The van der Waals surface area contributed by atoms with Crippen LogP contribution in [-0.2, 0) is 14.4 Å². The van der Waals surface area contributed by atoms with Gasteiger partial charge in [-0.05, 0) is 89.5 Å². The molecule has 0 radical (unpaired) electrons. The van der Waals surface area contributed by atoms with Crippen LogP contribution in [0.5, 0.6) is 5.75 Å². The molecular formula is C31H47N3O5S. The lowest BCUT2D eigenvalue weighted by Gasteiger charge is -2.38. The highest BCUT2D eigenvalue weighted by molar-refractivity contribution is 8.02. The van der Waals surface area contributed by atoms with Crippen LogP contribution in [0.4, 0.5) is 5.69 Å². The van der Waals surface area contributed by atoms with Gasteiger partial charge in [-0.15, -0.1) is 11.8 Å². The molecule has 222 valence electrons. The normalized spacial score (nSPS) is 29.4. The second-order valence-electron chi connectivity index (χ2n) is 13.7. The van der Waals surface area contributed by atoms with E-state index in [0.717, 1.165) is 18.6 Å². The fourth-order valence-corrected chi connectivity index (χ4v) is 9.91. The summed E-state index contributed by atoms with van der Waals surface area (Å²) in [5.74, 6) is -0.827. The molecule has 5 atom stereocenters. The smallest absolute Gasteiger partial charge is 0.244 e. The van der Waals surface area contributed by atoms with Crippen molar-refractivity contribution in [2.75, 3.05) is 25.1 Å². The molecule has 3 aliphatic rings. The monoisotopic (exact) mass is 573 g/mol. The summed E-state index contributed by atoms with van der Waals surface area (Å²) in [5, 5.41) is 15.7. The number of unbranched alkanes of at least 4 members (excludes halogenated alkanes) is 1. The Hall–Kier alpha value is -2.26. The lowest BCUT2D eigenvalue weighted by Crippen LogP contribution is -2.58. The molecule has 2 unspecified atom stereocenters. The highest BCUT2D eigenvalue weighted by atomic mass is 32.2. The summed E-state index contributed by atoms with van der Waals surface area (Å²) in [6.45, 7) is 15.5. The van der Waals surface area contributed by atoms with Crippen LogP contribution < -0.4 is 15.4 Å². The Morgan fingerprint density at radius 1 is 1.10 bits per heavy atom. The van der Waals surface area contributed by atoms with Gasteiger partial charge in [0.05, 0.1) is 23.2 Å². The summed E-state index contributed by atoms with van der Waals surface area (Å²) in [4.78, 5) is 43.9. The molecule has 0 aromatic heterocycles. The molecule has 1 aromatic rings. The molecule has 3 aliphatic heterocycles. The number of hydrogen-bond acceptors (Lipinski definition) is 6. The third-order valence-corrected chi connectivity index (χ3v) is 10.5. The summed E-state index contributed by atoms with van der Waals surface area (Å²) in [6.07, 6.45) is 3.42. The molecular weight excluding hydrogens is 526 g/mol. The molecule has 4 rings (SSSR count). The van der Waals surface area contributed by atoms with Crippen LogP contribution in [0.1, 0.15) is 80.6 Å². The average molecular weight is 574 g/mol. The standard InChI is InChI=1S/C31H47N3O5S/c1-8-39-21-13-11-20(12-14-21)32-25(36)22-23-27(38)34(17-9-10-18-35)24(31(23)16-15-30(22,7)40-31)26(37)33-29(5,6)19-28(2,3)4/h11-14,22-24,35H,8-10,15-19H2,1-7H3,(H,32,36)(H,33,37)/t22-,23-,24?,30+,31?/m0/s1. The Balaban J connectivity index is 1.64. The number of fused-ring (bicyclic) bond motifs is 1. The third kappa shape index (κ3) is 5.87. The molecule has 40 heavy (non-hydrogen) atoms. The number of rotatable bonds is 11. The van der Waals surface area contributed by atoms with Gasteiger partial charge in [-0.1, -0.05) is 20.8 Å². The van der Waals surface area contributed by atoms with Crippen molar-refractivity contribution in [2.24, 2.45) is 17.3 Å². The van der Waals surface area contributed by atoms with Crippen LogP contribution in [0, 0.1) is 17.3 Å². The number of hydrogen-bond donors (Lipinski definition) is 3. The zero-order chi connectivity index (χ0) is 29.5. The second kappa shape index (κ2) is 11.2. The third-order valence-electron chi connectivity index (χ3n) is 8.48. The van der Waals surface area contributed by atoms with E-state index in [1.165, 1.54) is 0 Å². The summed E-state index contributed by atoms with van der Waals surface area (Å²) in [6, 6.07) is 6.61. The average Bonchev–Trinajstić information content (AvgIpc) is 3.39. The molecule has 1 aromatic carbocycles. The van der Waals surface area contributed by atoms with Gasteiger partial charge in [0.2, 0.25) is 17.7 Å². The van der Waals surface area contributed by atoms with Gasteiger partial charge in [0.1, 0.15) is 11.8 Å². The van der Waals surface area contributed by atoms with E-state index < -0.39 is 32.9 Å². The lowest BCUT2D eigenvalue weighted by atomic mass is 9.66. The highest BCUT2D eigenvalue weighted by Gasteiger charge is 2.77. The Morgan fingerprint density at radius 2 is 1.77 bits per heavy atom. The largest absolute Gasteiger partial charge is 0.494 e. The number of carbonyl (C=O) groups is 3. The fraction of sp³-hybridized carbons (Fsp3) is 0.710. The van der Waals surface area contributed by atoms with Gasteiger partial charge < -0.3 is 25.4 Å². The number of anilines is 1. The van der Waals surface area contributed by atoms with Gasteiger partial charge in [0.15, 0.2) is 0 Å². The highest BCUT2D eigenvalue weighted by Crippen LogP contribution is 2.71. The van der Waals surface area contributed by atoms with E-state index in [-0.39, 0.29) is 29.7 Å². The van der Waals surface area contributed by atoms with E-state index in [9.17, 15) is 19.5 Å². The first-order chi connectivity index (χ1) is 18.7. The maximum atomic E-state index is 14.2. The number of aliphatic hydroxyl groups is 1.